The second-order valence-corrected chi connectivity index (χ2v) is 2.46. The third kappa shape index (κ3) is 2.86. The van der Waals surface area contributed by atoms with Crippen molar-refractivity contribution >= 4 is 17.7 Å². The molecule has 0 aromatic heterocycles. The van der Waals surface area contributed by atoms with Gasteiger partial charge in [-0.2, -0.15) is 0 Å². The van der Waals surface area contributed by atoms with Crippen molar-refractivity contribution in [2.24, 2.45) is 5.73 Å². The van der Waals surface area contributed by atoms with E-state index in [2.05, 4.69) is 0 Å². The van der Waals surface area contributed by atoms with Crippen LogP contribution in [0.1, 0.15) is 5.56 Å². The van der Waals surface area contributed by atoms with E-state index in [-0.39, 0.29) is 0 Å². The number of hydrogen-bond donors (Lipinski definition) is 2. The molecule has 4 heteroatoms. The molecule has 0 saturated carbocycles. The molecule has 1 aromatic rings. The fourth-order valence-electron chi connectivity index (χ4n) is 0.841. The second kappa shape index (κ2) is 4.15. The SMILES string of the molecule is NC(=O)/C=C/c1ccc([NH+]=O)cc1. The zero-order valence-electron chi connectivity index (χ0n) is 6.86. The molecule has 66 valence electrons. The Morgan fingerprint density at radius 2 is 1.92 bits per heavy atom. The van der Waals surface area contributed by atoms with E-state index in [0.717, 1.165) is 5.56 Å². The molecule has 0 radical (unpaired) electrons. The molecule has 1 rings (SSSR count). The normalized spacial score (nSPS) is 10.2. The monoisotopic (exact) mass is 177 g/mol. The highest BCUT2D eigenvalue weighted by molar-refractivity contribution is 5.90. The van der Waals surface area contributed by atoms with E-state index >= 15 is 0 Å². The number of carbonyl (C=O) groups excluding carboxylic acids is 1. The molecule has 0 spiro atoms. The number of nitroso groups, excluding NO2 is 1. The van der Waals surface area contributed by atoms with Gasteiger partial charge in [0.2, 0.25) is 5.91 Å². The van der Waals surface area contributed by atoms with Crippen LogP contribution in [-0.4, -0.2) is 5.91 Å². The summed E-state index contributed by atoms with van der Waals surface area (Å²) in [5.74, 6) is -0.494. The molecular formula is C9H9N2O2+. The van der Waals surface area contributed by atoms with Gasteiger partial charge in [-0.3, -0.25) is 4.79 Å². The third-order valence-corrected chi connectivity index (χ3v) is 1.47. The van der Waals surface area contributed by atoms with Crippen LogP contribution in [0.4, 0.5) is 5.69 Å². The fourth-order valence-corrected chi connectivity index (χ4v) is 0.841. The van der Waals surface area contributed by atoms with Gasteiger partial charge in [0.25, 0.3) is 5.69 Å². The number of hydrogen-bond acceptors (Lipinski definition) is 2. The van der Waals surface area contributed by atoms with E-state index in [1.54, 1.807) is 35.5 Å². The lowest BCUT2D eigenvalue weighted by atomic mass is 10.2. The summed E-state index contributed by atoms with van der Waals surface area (Å²) in [5.41, 5.74) is 6.21. The molecule has 1 aromatic carbocycles. The van der Waals surface area contributed by atoms with Gasteiger partial charge in [-0.05, 0) is 23.8 Å². The molecule has 0 aliphatic carbocycles. The Hall–Kier alpha value is -1.97. The number of benzene rings is 1. The Kier molecular flexibility index (Phi) is 2.92. The summed E-state index contributed by atoms with van der Waals surface area (Å²) >= 11 is 0. The van der Waals surface area contributed by atoms with Gasteiger partial charge < -0.3 is 5.73 Å². The maximum atomic E-state index is 10.4. The lowest BCUT2D eigenvalue weighted by molar-refractivity contribution is -0.379. The molecule has 13 heavy (non-hydrogen) atoms. The highest BCUT2D eigenvalue weighted by Crippen LogP contribution is 2.05. The van der Waals surface area contributed by atoms with Crippen molar-refractivity contribution < 1.29 is 9.97 Å². The first kappa shape index (κ1) is 9.12. The molecule has 0 unspecified atom stereocenters. The largest absolute Gasteiger partial charge is 0.366 e. The van der Waals surface area contributed by atoms with E-state index < -0.39 is 5.91 Å². The van der Waals surface area contributed by atoms with Crippen molar-refractivity contribution in [2.75, 3.05) is 0 Å². The number of nitrogens with one attached hydrogen (secondary N) is 1. The van der Waals surface area contributed by atoms with Gasteiger partial charge in [-0.1, -0.05) is 0 Å². The number of primary amides is 1. The molecule has 4 nitrogen and oxygen atoms in total. The Labute approximate surface area is 75.0 Å². The Morgan fingerprint density at radius 3 is 2.38 bits per heavy atom. The van der Waals surface area contributed by atoms with Crippen LogP contribution >= 0.6 is 0 Å². The predicted octanol–water partition coefficient (Wildman–Crippen LogP) is -0.336. The highest BCUT2D eigenvalue weighted by atomic mass is 16.3. The molecule has 0 bridgehead atoms. The van der Waals surface area contributed by atoms with Crippen LogP contribution in [0.5, 0.6) is 0 Å². The second-order valence-electron chi connectivity index (χ2n) is 2.46. The lowest BCUT2D eigenvalue weighted by Gasteiger charge is -1.88. The maximum absolute atomic E-state index is 10.4. The van der Waals surface area contributed by atoms with Crippen LogP contribution in [0.15, 0.2) is 30.3 Å². The van der Waals surface area contributed by atoms with Gasteiger partial charge in [-0.25, -0.2) is 0 Å². The van der Waals surface area contributed by atoms with Gasteiger partial charge in [0.05, 0.1) is 0 Å². The number of rotatable bonds is 3. The number of carbonyl (C=O) groups is 1. The van der Waals surface area contributed by atoms with Crippen molar-refractivity contribution in [1.29, 1.82) is 0 Å². The average Bonchev–Trinajstić information content (AvgIpc) is 2.15. The average molecular weight is 177 g/mol. The number of amides is 1. The first-order chi connectivity index (χ1) is 6.22. The van der Waals surface area contributed by atoms with Crippen molar-refractivity contribution in [3.05, 3.63) is 40.8 Å². The van der Waals surface area contributed by atoms with Crippen molar-refractivity contribution in [3.63, 3.8) is 0 Å². The standard InChI is InChI=1S/C9H8N2O2/c10-9(12)6-3-7-1-4-8(11-13)5-2-7/h1-6H,(H2,10,12)/p+1/b6-3+. The fraction of sp³-hybridized carbons (Fsp3) is 0. The molecule has 0 aliphatic heterocycles. The van der Waals surface area contributed by atoms with Crippen LogP contribution in [0.25, 0.3) is 6.08 Å². The summed E-state index contributed by atoms with van der Waals surface area (Å²) in [6.45, 7) is 0. The Bertz CT molecular complexity index is 341. The van der Waals surface area contributed by atoms with E-state index in [1.807, 2.05) is 0 Å². The minimum absolute atomic E-state index is 0.483. The van der Waals surface area contributed by atoms with Gasteiger partial charge in [0, 0.05) is 28.3 Å². The summed E-state index contributed by atoms with van der Waals surface area (Å²) in [7, 11) is 0. The predicted molar refractivity (Wildman–Crippen MR) is 48.7 cm³/mol. The van der Waals surface area contributed by atoms with Gasteiger partial charge in [0.15, 0.2) is 0 Å². The molecule has 1 amide bonds. The first-order valence-electron chi connectivity index (χ1n) is 3.68. The lowest BCUT2D eigenvalue weighted by Crippen LogP contribution is -2.55. The molecule has 0 fully saturated rings. The zero-order chi connectivity index (χ0) is 9.68. The minimum atomic E-state index is -0.494. The topological polar surface area (TPSA) is 74.1 Å². The van der Waals surface area contributed by atoms with Crippen molar-refractivity contribution in [2.45, 2.75) is 0 Å². The summed E-state index contributed by atoms with van der Waals surface area (Å²) in [4.78, 5) is 20.5. The third-order valence-electron chi connectivity index (χ3n) is 1.47. The van der Waals surface area contributed by atoms with Crippen LogP contribution in [-0.2, 0) is 4.79 Å². The molecule has 0 heterocycles. The van der Waals surface area contributed by atoms with Crippen molar-refractivity contribution in [1.82, 2.24) is 0 Å². The van der Waals surface area contributed by atoms with Crippen LogP contribution in [0.2, 0.25) is 0 Å². The minimum Gasteiger partial charge on any atom is -0.366 e. The molecule has 0 saturated heterocycles. The number of nitrogens with two attached hydrogens (primary N) is 1. The Balaban J connectivity index is 2.80. The molecule has 0 atom stereocenters. The van der Waals surface area contributed by atoms with Gasteiger partial charge >= 0.3 is 0 Å². The van der Waals surface area contributed by atoms with Crippen molar-refractivity contribution in [3.8, 4) is 0 Å². The van der Waals surface area contributed by atoms with Crippen LogP contribution < -0.4 is 10.9 Å². The summed E-state index contributed by atoms with van der Waals surface area (Å²) < 4.78 is 0. The maximum Gasteiger partial charge on any atom is 0.253 e. The van der Waals surface area contributed by atoms with E-state index in [1.165, 1.54) is 6.08 Å². The van der Waals surface area contributed by atoms with Crippen LogP contribution in [0.3, 0.4) is 0 Å². The first-order valence-corrected chi connectivity index (χ1v) is 3.68. The molecule has 0 aliphatic rings. The molecule has 3 N–H and O–H groups in total. The Morgan fingerprint density at radius 1 is 1.31 bits per heavy atom. The summed E-state index contributed by atoms with van der Waals surface area (Å²) in [6.07, 6.45) is 2.84. The van der Waals surface area contributed by atoms with E-state index in [9.17, 15) is 9.70 Å². The van der Waals surface area contributed by atoms with E-state index in [4.69, 9.17) is 5.73 Å². The highest BCUT2D eigenvalue weighted by Gasteiger charge is 1.95. The van der Waals surface area contributed by atoms with Gasteiger partial charge in [-0.15, -0.1) is 0 Å². The smallest absolute Gasteiger partial charge is 0.253 e. The van der Waals surface area contributed by atoms with E-state index in [0.29, 0.717) is 5.69 Å². The molecular weight excluding hydrogens is 168 g/mol. The summed E-state index contributed by atoms with van der Waals surface area (Å²) in [6, 6.07) is 6.65. The zero-order valence-corrected chi connectivity index (χ0v) is 6.86. The summed E-state index contributed by atoms with van der Waals surface area (Å²) in [5, 5.41) is 1.75. The van der Waals surface area contributed by atoms with Crippen LogP contribution in [0, 0.1) is 4.91 Å². The quantitative estimate of drug-likeness (QED) is 0.620. The van der Waals surface area contributed by atoms with Gasteiger partial charge in [0.1, 0.15) is 0 Å².